The highest BCUT2D eigenvalue weighted by Crippen LogP contribution is 2.59. The van der Waals surface area contributed by atoms with Crippen LogP contribution in [0.25, 0.3) is 0 Å². The van der Waals surface area contributed by atoms with Crippen molar-refractivity contribution in [1.29, 1.82) is 0 Å². The highest BCUT2D eigenvalue weighted by atomic mass is 16.2. The van der Waals surface area contributed by atoms with Gasteiger partial charge in [0.05, 0.1) is 6.54 Å². The Kier molecular flexibility index (Phi) is 4.39. The van der Waals surface area contributed by atoms with Crippen LogP contribution in [-0.4, -0.2) is 43.4 Å². The van der Waals surface area contributed by atoms with E-state index in [0.29, 0.717) is 0 Å². The molecule has 1 heterocycles. The van der Waals surface area contributed by atoms with Gasteiger partial charge in [-0.25, -0.2) is 0 Å². The molecular weight excluding hydrogens is 290 g/mol. The molecule has 1 atom stereocenters. The van der Waals surface area contributed by atoms with Gasteiger partial charge in [0.15, 0.2) is 0 Å². The topological polar surface area (TPSA) is 61.4 Å². The summed E-state index contributed by atoms with van der Waals surface area (Å²) in [5, 5.41) is 6.19. The molecule has 124 valence electrons. The number of hydrogen-bond donors (Lipinski definition) is 2. The van der Waals surface area contributed by atoms with E-state index in [1.165, 1.54) is 0 Å². The summed E-state index contributed by atoms with van der Waals surface area (Å²) in [6, 6.07) is 7.66. The average Bonchev–Trinajstić information content (AvgIpc) is 3.22. The predicted octanol–water partition coefficient (Wildman–Crippen LogP) is 1.78. The zero-order chi connectivity index (χ0) is 16.4. The minimum absolute atomic E-state index is 0.109. The van der Waals surface area contributed by atoms with E-state index in [4.69, 9.17) is 0 Å². The molecule has 1 unspecified atom stereocenters. The van der Waals surface area contributed by atoms with Crippen LogP contribution >= 0.6 is 0 Å². The van der Waals surface area contributed by atoms with Gasteiger partial charge in [-0.2, -0.15) is 0 Å². The standard InChI is InChI=1S/C18H25N3O2/c1-13-3-5-14(6-4-13)20-16(22)12-21(2)17(23)15-11-18(15)7-9-19-10-8-18/h3-6,15,19H,7-12H2,1-2H3,(H,20,22). The number of anilines is 1. The van der Waals surface area contributed by atoms with Crippen LogP contribution in [0, 0.1) is 18.3 Å². The Balaban J connectivity index is 1.50. The van der Waals surface area contributed by atoms with Crippen molar-refractivity contribution >= 4 is 17.5 Å². The highest BCUT2D eigenvalue weighted by molar-refractivity contribution is 5.95. The van der Waals surface area contributed by atoms with Gasteiger partial charge in [0.25, 0.3) is 0 Å². The fourth-order valence-electron chi connectivity index (χ4n) is 3.57. The van der Waals surface area contributed by atoms with Crippen LogP contribution in [0.15, 0.2) is 24.3 Å². The number of aryl methyl sites for hydroxylation is 1. The largest absolute Gasteiger partial charge is 0.336 e. The average molecular weight is 315 g/mol. The molecular formula is C18H25N3O2. The lowest BCUT2D eigenvalue weighted by molar-refractivity contribution is -0.135. The Morgan fingerprint density at radius 3 is 2.57 bits per heavy atom. The number of nitrogens with zero attached hydrogens (tertiary/aromatic N) is 1. The third-order valence-corrected chi connectivity index (χ3v) is 5.18. The van der Waals surface area contributed by atoms with Gasteiger partial charge in [-0.3, -0.25) is 9.59 Å². The number of piperidine rings is 1. The number of benzene rings is 1. The first-order valence-corrected chi connectivity index (χ1v) is 8.32. The van der Waals surface area contributed by atoms with E-state index in [2.05, 4.69) is 10.6 Å². The van der Waals surface area contributed by atoms with E-state index in [0.717, 1.165) is 43.6 Å². The molecule has 1 aliphatic heterocycles. The van der Waals surface area contributed by atoms with E-state index in [1.54, 1.807) is 11.9 Å². The maximum absolute atomic E-state index is 12.5. The smallest absolute Gasteiger partial charge is 0.243 e. The fourth-order valence-corrected chi connectivity index (χ4v) is 3.57. The summed E-state index contributed by atoms with van der Waals surface area (Å²) in [5.74, 6) is 0.0810. The second-order valence-corrected chi connectivity index (χ2v) is 6.98. The molecule has 5 nitrogen and oxygen atoms in total. The van der Waals surface area contributed by atoms with Crippen molar-refractivity contribution in [3.8, 4) is 0 Å². The molecule has 0 radical (unpaired) electrons. The van der Waals surface area contributed by atoms with Gasteiger partial charge in [0.2, 0.25) is 11.8 Å². The Labute approximate surface area is 137 Å². The second-order valence-electron chi connectivity index (χ2n) is 6.98. The predicted molar refractivity (Wildman–Crippen MR) is 90.1 cm³/mol. The molecule has 2 N–H and O–H groups in total. The lowest BCUT2D eigenvalue weighted by atomic mass is 9.91. The third kappa shape index (κ3) is 3.55. The van der Waals surface area contributed by atoms with Gasteiger partial charge in [-0.15, -0.1) is 0 Å². The zero-order valence-corrected chi connectivity index (χ0v) is 13.9. The SMILES string of the molecule is Cc1ccc(NC(=O)CN(C)C(=O)C2CC23CCNCC3)cc1. The molecule has 5 heteroatoms. The van der Waals surface area contributed by atoms with Gasteiger partial charge in [0.1, 0.15) is 0 Å². The number of likely N-dealkylation sites (N-methyl/N-ethyl adjacent to an activating group) is 1. The summed E-state index contributed by atoms with van der Waals surface area (Å²) >= 11 is 0. The van der Waals surface area contributed by atoms with Gasteiger partial charge in [0, 0.05) is 18.7 Å². The van der Waals surface area contributed by atoms with Gasteiger partial charge >= 0.3 is 0 Å². The van der Waals surface area contributed by atoms with Crippen LogP contribution in [0.5, 0.6) is 0 Å². The minimum atomic E-state index is -0.148. The van der Waals surface area contributed by atoms with Crippen molar-refractivity contribution in [1.82, 2.24) is 10.2 Å². The molecule has 1 aromatic carbocycles. The van der Waals surface area contributed by atoms with E-state index in [-0.39, 0.29) is 29.7 Å². The summed E-state index contributed by atoms with van der Waals surface area (Å²) in [6.45, 7) is 4.12. The van der Waals surface area contributed by atoms with Gasteiger partial charge in [-0.1, -0.05) is 17.7 Å². The first-order valence-electron chi connectivity index (χ1n) is 8.32. The third-order valence-electron chi connectivity index (χ3n) is 5.18. The monoisotopic (exact) mass is 315 g/mol. The maximum atomic E-state index is 12.5. The molecule has 1 aromatic rings. The molecule has 1 spiro atoms. The molecule has 1 saturated heterocycles. The normalized spacial score (nSPS) is 21.7. The highest BCUT2D eigenvalue weighted by Gasteiger charge is 2.58. The van der Waals surface area contributed by atoms with Crippen molar-refractivity contribution < 1.29 is 9.59 Å². The Hall–Kier alpha value is -1.88. The summed E-state index contributed by atoms with van der Waals surface area (Å²) < 4.78 is 0. The van der Waals surface area contributed by atoms with Crippen LogP contribution in [0.2, 0.25) is 0 Å². The van der Waals surface area contributed by atoms with Crippen LogP contribution in [0.1, 0.15) is 24.8 Å². The van der Waals surface area contributed by atoms with Crippen molar-refractivity contribution in [2.24, 2.45) is 11.3 Å². The number of hydrogen-bond acceptors (Lipinski definition) is 3. The minimum Gasteiger partial charge on any atom is -0.336 e. The molecule has 3 rings (SSSR count). The van der Waals surface area contributed by atoms with Crippen LogP contribution in [0.4, 0.5) is 5.69 Å². The number of carbonyl (C=O) groups is 2. The van der Waals surface area contributed by atoms with Gasteiger partial charge < -0.3 is 15.5 Å². The van der Waals surface area contributed by atoms with Crippen LogP contribution < -0.4 is 10.6 Å². The van der Waals surface area contributed by atoms with Gasteiger partial charge in [-0.05, 0) is 56.8 Å². The molecule has 2 fully saturated rings. The molecule has 2 amide bonds. The van der Waals surface area contributed by atoms with Crippen LogP contribution in [-0.2, 0) is 9.59 Å². The molecule has 0 bridgehead atoms. The maximum Gasteiger partial charge on any atom is 0.243 e. The van der Waals surface area contributed by atoms with E-state index < -0.39 is 0 Å². The number of rotatable bonds is 4. The quantitative estimate of drug-likeness (QED) is 0.890. The molecule has 0 aromatic heterocycles. The molecule has 1 saturated carbocycles. The summed E-state index contributed by atoms with van der Waals surface area (Å²) in [4.78, 5) is 26.2. The lowest BCUT2D eigenvalue weighted by Gasteiger charge is -2.25. The number of nitrogens with one attached hydrogen (secondary N) is 2. The van der Waals surface area contributed by atoms with E-state index in [9.17, 15) is 9.59 Å². The summed E-state index contributed by atoms with van der Waals surface area (Å²) in [5.41, 5.74) is 2.13. The Morgan fingerprint density at radius 1 is 1.26 bits per heavy atom. The molecule has 1 aliphatic carbocycles. The number of amides is 2. The van der Waals surface area contributed by atoms with Crippen LogP contribution in [0.3, 0.4) is 0 Å². The summed E-state index contributed by atoms with van der Waals surface area (Å²) in [6.07, 6.45) is 3.14. The Morgan fingerprint density at radius 2 is 1.91 bits per heavy atom. The first kappa shape index (κ1) is 16.0. The van der Waals surface area contributed by atoms with Crippen molar-refractivity contribution in [2.45, 2.75) is 26.2 Å². The summed E-state index contributed by atoms with van der Waals surface area (Å²) in [7, 11) is 1.73. The number of carbonyl (C=O) groups excluding carboxylic acids is 2. The van der Waals surface area contributed by atoms with Crippen molar-refractivity contribution in [3.63, 3.8) is 0 Å². The van der Waals surface area contributed by atoms with Crippen molar-refractivity contribution in [2.75, 3.05) is 32.0 Å². The fraction of sp³-hybridized carbons (Fsp3) is 0.556. The second kappa shape index (κ2) is 6.32. The zero-order valence-electron chi connectivity index (χ0n) is 13.9. The van der Waals surface area contributed by atoms with E-state index >= 15 is 0 Å². The lowest BCUT2D eigenvalue weighted by Crippen LogP contribution is -2.38. The first-order chi connectivity index (χ1) is 11.0. The van der Waals surface area contributed by atoms with E-state index in [1.807, 2.05) is 31.2 Å². The molecule has 23 heavy (non-hydrogen) atoms. The van der Waals surface area contributed by atoms with Crippen molar-refractivity contribution in [3.05, 3.63) is 29.8 Å². The molecule has 2 aliphatic rings. The Bertz CT molecular complexity index is 591.